The van der Waals surface area contributed by atoms with E-state index in [4.69, 9.17) is 4.74 Å². The Morgan fingerprint density at radius 2 is 2.00 bits per heavy atom. The van der Waals surface area contributed by atoms with Crippen LogP contribution in [0.25, 0.3) is 0 Å². The van der Waals surface area contributed by atoms with Crippen LogP contribution >= 0.6 is 0 Å². The summed E-state index contributed by atoms with van der Waals surface area (Å²) in [5.41, 5.74) is 1.98. The third-order valence-corrected chi connectivity index (χ3v) is 5.54. The molecule has 5 heteroatoms. The van der Waals surface area contributed by atoms with E-state index in [1.807, 2.05) is 38.1 Å². The monoisotopic (exact) mass is 344 g/mol. The van der Waals surface area contributed by atoms with Gasteiger partial charge in [0.1, 0.15) is 0 Å². The third kappa shape index (κ3) is 4.03. The maximum atomic E-state index is 12.9. The summed E-state index contributed by atoms with van der Waals surface area (Å²) in [7, 11) is 0. The van der Waals surface area contributed by atoms with E-state index < -0.39 is 0 Å². The first-order chi connectivity index (χ1) is 12.1. The standard InChI is InChI=1S/C20H28N2O3/c1-3-10-22(14-18(23)21-17-7-5-4-6-15(17)2)19(24)16-13-20(16)8-11-25-12-9-20/h4-7,16H,3,8-14H2,1-2H3,(H,21,23). The Bertz CT molecular complexity index is 638. The number of nitrogens with zero attached hydrogens (tertiary/aromatic N) is 1. The van der Waals surface area contributed by atoms with Crippen LogP contribution in [0.1, 0.15) is 38.2 Å². The van der Waals surface area contributed by atoms with Gasteiger partial charge in [0.05, 0.1) is 6.54 Å². The highest BCUT2D eigenvalue weighted by Crippen LogP contribution is 2.59. The second-order valence-electron chi connectivity index (χ2n) is 7.35. The van der Waals surface area contributed by atoms with Gasteiger partial charge >= 0.3 is 0 Å². The SMILES string of the molecule is CCCN(CC(=O)Nc1ccccc1C)C(=O)C1CC12CCOCC2. The summed E-state index contributed by atoms with van der Waals surface area (Å²) in [5.74, 6) is 0.0932. The van der Waals surface area contributed by atoms with Gasteiger partial charge in [0.15, 0.2) is 0 Å². The quantitative estimate of drug-likeness (QED) is 0.863. The van der Waals surface area contributed by atoms with E-state index in [1.165, 1.54) is 0 Å². The van der Waals surface area contributed by atoms with Crippen molar-refractivity contribution in [1.29, 1.82) is 0 Å². The van der Waals surface area contributed by atoms with Gasteiger partial charge in [0.25, 0.3) is 0 Å². The Hall–Kier alpha value is -1.88. The molecule has 136 valence electrons. The minimum atomic E-state index is -0.127. The van der Waals surface area contributed by atoms with Gasteiger partial charge in [-0.15, -0.1) is 0 Å². The van der Waals surface area contributed by atoms with Gasteiger partial charge in [-0.3, -0.25) is 9.59 Å². The van der Waals surface area contributed by atoms with E-state index in [1.54, 1.807) is 4.90 Å². The average molecular weight is 344 g/mol. The largest absolute Gasteiger partial charge is 0.381 e. The van der Waals surface area contributed by atoms with Crippen molar-refractivity contribution in [1.82, 2.24) is 4.90 Å². The molecule has 0 aromatic heterocycles. The van der Waals surface area contributed by atoms with Gasteiger partial charge in [-0.05, 0) is 49.7 Å². The number of hydrogen-bond acceptors (Lipinski definition) is 3. The smallest absolute Gasteiger partial charge is 0.244 e. The molecule has 1 unspecified atom stereocenters. The maximum Gasteiger partial charge on any atom is 0.244 e. The number of hydrogen-bond donors (Lipinski definition) is 1. The number of benzene rings is 1. The summed E-state index contributed by atoms with van der Waals surface area (Å²) in [6, 6.07) is 7.69. The number of carbonyl (C=O) groups is 2. The summed E-state index contributed by atoms with van der Waals surface area (Å²) >= 11 is 0. The van der Waals surface area contributed by atoms with Crippen molar-refractivity contribution in [2.45, 2.75) is 39.5 Å². The lowest BCUT2D eigenvalue weighted by Crippen LogP contribution is -2.40. The molecule has 1 saturated heterocycles. The predicted octanol–water partition coefficient (Wildman–Crippen LogP) is 2.99. The molecule has 1 heterocycles. The summed E-state index contributed by atoms with van der Waals surface area (Å²) in [4.78, 5) is 27.1. The minimum absolute atomic E-state index is 0.0780. The minimum Gasteiger partial charge on any atom is -0.381 e. The first-order valence-electron chi connectivity index (χ1n) is 9.28. The van der Waals surface area contributed by atoms with Crippen molar-refractivity contribution in [3.8, 4) is 0 Å². The van der Waals surface area contributed by atoms with Crippen molar-refractivity contribution in [3.63, 3.8) is 0 Å². The lowest BCUT2D eigenvalue weighted by Gasteiger charge is -2.26. The van der Waals surface area contributed by atoms with Crippen molar-refractivity contribution in [2.75, 3.05) is 31.6 Å². The zero-order chi connectivity index (χ0) is 17.9. The highest BCUT2D eigenvalue weighted by Gasteiger charge is 2.58. The molecule has 2 fully saturated rings. The molecule has 1 spiro atoms. The fourth-order valence-electron chi connectivity index (χ4n) is 3.86. The van der Waals surface area contributed by atoms with Gasteiger partial charge in [0.2, 0.25) is 11.8 Å². The number of rotatable bonds is 6. The van der Waals surface area contributed by atoms with Crippen LogP contribution in [0.15, 0.2) is 24.3 Å². The van der Waals surface area contributed by atoms with Crippen LogP contribution < -0.4 is 5.32 Å². The number of carbonyl (C=O) groups excluding carboxylic acids is 2. The molecule has 3 rings (SSSR count). The summed E-state index contributed by atoms with van der Waals surface area (Å²) in [6.07, 6.45) is 3.75. The van der Waals surface area contributed by atoms with Crippen molar-refractivity contribution in [2.24, 2.45) is 11.3 Å². The van der Waals surface area contributed by atoms with Gasteiger partial charge < -0.3 is 15.0 Å². The van der Waals surface area contributed by atoms with E-state index in [9.17, 15) is 9.59 Å². The molecule has 1 saturated carbocycles. The molecule has 0 radical (unpaired) electrons. The molecule has 0 bridgehead atoms. The predicted molar refractivity (Wildman–Crippen MR) is 97.3 cm³/mol. The van der Waals surface area contributed by atoms with Gasteiger partial charge in [-0.1, -0.05) is 25.1 Å². The molecule has 1 aliphatic carbocycles. The number of nitrogens with one attached hydrogen (secondary N) is 1. The Kier molecular flexibility index (Phi) is 5.42. The molecule has 2 amide bonds. The van der Waals surface area contributed by atoms with Crippen LogP contribution in [0.2, 0.25) is 0 Å². The van der Waals surface area contributed by atoms with Gasteiger partial charge in [0, 0.05) is 31.4 Å². The average Bonchev–Trinajstić information content (AvgIpc) is 3.29. The van der Waals surface area contributed by atoms with E-state index >= 15 is 0 Å². The van der Waals surface area contributed by atoms with Crippen molar-refractivity contribution < 1.29 is 14.3 Å². The maximum absolute atomic E-state index is 12.9. The van der Waals surface area contributed by atoms with Crippen LogP contribution in [0.5, 0.6) is 0 Å². The van der Waals surface area contributed by atoms with Gasteiger partial charge in [-0.25, -0.2) is 0 Å². The van der Waals surface area contributed by atoms with Crippen LogP contribution in [0.3, 0.4) is 0 Å². The number of para-hydroxylation sites is 1. The molecule has 1 aromatic carbocycles. The van der Waals surface area contributed by atoms with E-state index in [2.05, 4.69) is 5.32 Å². The topological polar surface area (TPSA) is 58.6 Å². The molecule has 2 aliphatic rings. The fraction of sp³-hybridized carbons (Fsp3) is 0.600. The molecule has 1 N–H and O–H groups in total. The second-order valence-corrected chi connectivity index (χ2v) is 7.35. The molecule has 5 nitrogen and oxygen atoms in total. The van der Waals surface area contributed by atoms with Crippen LogP contribution in [-0.4, -0.2) is 43.0 Å². The molecule has 1 aliphatic heterocycles. The van der Waals surface area contributed by atoms with Crippen LogP contribution in [0.4, 0.5) is 5.69 Å². The highest BCUT2D eigenvalue weighted by atomic mass is 16.5. The number of ether oxygens (including phenoxy) is 1. The molecule has 25 heavy (non-hydrogen) atoms. The summed E-state index contributed by atoms with van der Waals surface area (Å²) in [6.45, 7) is 6.27. The zero-order valence-electron chi connectivity index (χ0n) is 15.2. The lowest BCUT2D eigenvalue weighted by molar-refractivity contribution is -0.137. The normalized spacial score (nSPS) is 21.0. The summed E-state index contributed by atoms with van der Waals surface area (Å²) in [5, 5.41) is 2.93. The molecule has 1 aromatic rings. The Labute approximate surface area is 149 Å². The van der Waals surface area contributed by atoms with Crippen molar-refractivity contribution in [3.05, 3.63) is 29.8 Å². The molecular formula is C20H28N2O3. The number of anilines is 1. The highest BCUT2D eigenvalue weighted by molar-refractivity contribution is 5.95. The van der Waals surface area contributed by atoms with Gasteiger partial charge in [-0.2, -0.15) is 0 Å². The Balaban J connectivity index is 1.60. The van der Waals surface area contributed by atoms with E-state index in [0.717, 1.165) is 50.1 Å². The van der Waals surface area contributed by atoms with Crippen molar-refractivity contribution >= 4 is 17.5 Å². The fourth-order valence-corrected chi connectivity index (χ4v) is 3.86. The third-order valence-electron chi connectivity index (χ3n) is 5.54. The van der Waals surface area contributed by atoms with E-state index in [-0.39, 0.29) is 29.7 Å². The number of amides is 2. The Morgan fingerprint density at radius 3 is 2.68 bits per heavy atom. The first kappa shape index (κ1) is 17.9. The number of aryl methyl sites for hydroxylation is 1. The summed E-state index contributed by atoms with van der Waals surface area (Å²) < 4.78 is 5.43. The van der Waals surface area contributed by atoms with E-state index in [0.29, 0.717) is 6.54 Å². The molecular weight excluding hydrogens is 316 g/mol. The zero-order valence-corrected chi connectivity index (χ0v) is 15.2. The first-order valence-corrected chi connectivity index (χ1v) is 9.28. The second kappa shape index (κ2) is 7.56. The van der Waals surface area contributed by atoms with Crippen LogP contribution in [-0.2, 0) is 14.3 Å². The Morgan fingerprint density at radius 1 is 1.28 bits per heavy atom. The lowest BCUT2D eigenvalue weighted by atomic mass is 9.93. The van der Waals surface area contributed by atoms with Crippen LogP contribution in [0, 0.1) is 18.3 Å². The molecule has 1 atom stereocenters.